The van der Waals surface area contributed by atoms with Crippen LogP contribution in [0, 0.1) is 23.4 Å². The van der Waals surface area contributed by atoms with Gasteiger partial charge in [0.2, 0.25) is 0 Å². The molecular weight excluding hydrogens is 265 g/mol. The maximum Gasteiger partial charge on any atom is 0.161 e. The predicted molar refractivity (Wildman–Crippen MR) is 74.4 cm³/mol. The molecule has 1 atom stereocenters. The highest BCUT2D eigenvalue weighted by Crippen LogP contribution is 2.24. The first-order valence-corrected chi connectivity index (χ1v) is 7.10. The van der Waals surface area contributed by atoms with E-state index in [0.29, 0.717) is 25.1 Å². The second-order valence-corrected chi connectivity index (χ2v) is 5.80. The summed E-state index contributed by atoms with van der Waals surface area (Å²) in [6.07, 6.45) is 1.83. The average Bonchev–Trinajstić information content (AvgIpc) is 2.58. The highest BCUT2D eigenvalue weighted by molar-refractivity contribution is 5.48. The van der Waals surface area contributed by atoms with Gasteiger partial charge in [-0.15, -0.1) is 0 Å². The summed E-state index contributed by atoms with van der Waals surface area (Å²) in [5, 5.41) is 3.43. The molecule has 112 valence electrons. The zero-order chi connectivity index (χ0) is 14.7. The predicted octanol–water partition coefficient (Wildman–Crippen LogP) is 3.32. The number of rotatable bonds is 3. The molecule has 2 rings (SSSR count). The topological polar surface area (TPSA) is 15.3 Å². The van der Waals surface area contributed by atoms with Crippen molar-refractivity contribution in [2.45, 2.75) is 32.7 Å². The quantitative estimate of drug-likeness (QED) is 0.858. The highest BCUT2D eigenvalue weighted by atomic mass is 19.2. The monoisotopic (exact) mass is 286 g/mol. The van der Waals surface area contributed by atoms with Crippen LogP contribution in [-0.4, -0.2) is 25.7 Å². The Hall–Kier alpha value is -1.23. The van der Waals surface area contributed by atoms with Gasteiger partial charge in [0.25, 0.3) is 0 Å². The minimum atomic E-state index is -1.14. The molecule has 0 aliphatic carbocycles. The van der Waals surface area contributed by atoms with Gasteiger partial charge < -0.3 is 10.2 Å². The lowest BCUT2D eigenvalue weighted by molar-refractivity contribution is 0.435. The molecule has 1 aromatic carbocycles. The number of nitrogens with zero attached hydrogens (tertiary/aromatic N) is 1. The van der Waals surface area contributed by atoms with Crippen LogP contribution in [0.1, 0.15) is 26.7 Å². The number of halogens is 3. The molecule has 0 radical (unpaired) electrons. The molecule has 1 N–H and O–H groups in total. The summed E-state index contributed by atoms with van der Waals surface area (Å²) in [5.74, 6) is -2.31. The highest BCUT2D eigenvalue weighted by Gasteiger charge is 2.22. The van der Waals surface area contributed by atoms with Gasteiger partial charge in [-0.1, -0.05) is 13.8 Å². The third-order valence-electron chi connectivity index (χ3n) is 3.56. The zero-order valence-corrected chi connectivity index (χ0v) is 11.9. The van der Waals surface area contributed by atoms with Crippen molar-refractivity contribution in [2.75, 3.05) is 24.5 Å². The molecule has 0 bridgehead atoms. The van der Waals surface area contributed by atoms with E-state index in [2.05, 4.69) is 19.2 Å². The second-order valence-electron chi connectivity index (χ2n) is 5.80. The lowest BCUT2D eigenvalue weighted by Crippen LogP contribution is -2.39. The molecule has 5 heteroatoms. The van der Waals surface area contributed by atoms with Gasteiger partial charge in [0.15, 0.2) is 11.6 Å². The Labute approximate surface area is 118 Å². The lowest BCUT2D eigenvalue weighted by atomic mass is 10.0. The molecule has 20 heavy (non-hydrogen) atoms. The van der Waals surface area contributed by atoms with Crippen molar-refractivity contribution in [1.29, 1.82) is 0 Å². The van der Waals surface area contributed by atoms with Gasteiger partial charge in [0.1, 0.15) is 5.82 Å². The van der Waals surface area contributed by atoms with E-state index in [9.17, 15) is 13.2 Å². The summed E-state index contributed by atoms with van der Waals surface area (Å²) < 4.78 is 40.2. The van der Waals surface area contributed by atoms with Gasteiger partial charge in [0.05, 0.1) is 5.69 Å². The summed E-state index contributed by atoms with van der Waals surface area (Å²) in [6, 6.07) is 1.83. The van der Waals surface area contributed by atoms with Crippen molar-refractivity contribution in [3.8, 4) is 0 Å². The van der Waals surface area contributed by atoms with Gasteiger partial charge in [-0.25, -0.2) is 13.2 Å². The summed E-state index contributed by atoms with van der Waals surface area (Å²) >= 11 is 0. The van der Waals surface area contributed by atoms with Crippen molar-refractivity contribution in [1.82, 2.24) is 5.32 Å². The minimum Gasteiger partial charge on any atom is -0.367 e. The average molecular weight is 286 g/mol. The van der Waals surface area contributed by atoms with E-state index in [1.54, 1.807) is 0 Å². The molecule has 1 heterocycles. The molecule has 1 fully saturated rings. The molecule has 0 spiro atoms. The zero-order valence-electron chi connectivity index (χ0n) is 11.9. The van der Waals surface area contributed by atoms with Crippen LogP contribution in [0.2, 0.25) is 0 Å². The molecule has 2 nitrogen and oxygen atoms in total. The molecule has 0 saturated carbocycles. The van der Waals surface area contributed by atoms with Crippen molar-refractivity contribution < 1.29 is 13.2 Å². The number of hydrogen-bond donors (Lipinski definition) is 1. The Bertz CT molecular complexity index is 463. The Morgan fingerprint density at radius 2 is 1.90 bits per heavy atom. The summed E-state index contributed by atoms with van der Waals surface area (Å²) in [7, 11) is 0. The molecule has 0 amide bonds. The standard InChI is InChI=1S/C15H21F3N2/c1-10(2)6-11-9-20(5-3-4-19-11)15-8-13(17)12(16)7-14(15)18/h7-8,10-11,19H,3-6,9H2,1-2H3. The largest absolute Gasteiger partial charge is 0.367 e. The third kappa shape index (κ3) is 3.66. The first-order chi connectivity index (χ1) is 9.47. The van der Waals surface area contributed by atoms with Crippen LogP contribution >= 0.6 is 0 Å². The van der Waals surface area contributed by atoms with Gasteiger partial charge in [-0.2, -0.15) is 0 Å². The molecule has 1 aromatic rings. The molecular formula is C15H21F3N2. The summed E-state index contributed by atoms with van der Waals surface area (Å²) in [4.78, 5) is 1.81. The van der Waals surface area contributed by atoms with Gasteiger partial charge in [-0.05, 0) is 25.3 Å². The van der Waals surface area contributed by atoms with Crippen molar-refractivity contribution >= 4 is 5.69 Å². The maximum atomic E-state index is 13.9. The van der Waals surface area contributed by atoms with Gasteiger partial charge in [0, 0.05) is 31.3 Å². The van der Waals surface area contributed by atoms with E-state index in [0.717, 1.165) is 25.5 Å². The molecule has 1 aliphatic rings. The summed E-state index contributed by atoms with van der Waals surface area (Å²) in [6.45, 7) is 6.38. The van der Waals surface area contributed by atoms with E-state index < -0.39 is 17.5 Å². The van der Waals surface area contributed by atoms with E-state index >= 15 is 0 Å². The molecule has 1 unspecified atom stereocenters. The summed E-state index contributed by atoms with van der Waals surface area (Å²) in [5.41, 5.74) is 0.154. The van der Waals surface area contributed by atoms with Gasteiger partial charge in [-0.3, -0.25) is 0 Å². The fourth-order valence-corrected chi connectivity index (χ4v) is 2.70. The first kappa shape index (κ1) is 15.2. The van der Waals surface area contributed by atoms with Crippen LogP contribution in [0.3, 0.4) is 0 Å². The lowest BCUT2D eigenvalue weighted by Gasteiger charge is -2.27. The Kier molecular flexibility index (Phi) is 4.91. The van der Waals surface area contributed by atoms with Crippen LogP contribution in [-0.2, 0) is 0 Å². The van der Waals surface area contributed by atoms with Crippen molar-refractivity contribution in [3.05, 3.63) is 29.6 Å². The van der Waals surface area contributed by atoms with Gasteiger partial charge >= 0.3 is 0 Å². The Balaban J connectivity index is 2.19. The maximum absolute atomic E-state index is 13.9. The normalized spacial score (nSPS) is 20.3. The van der Waals surface area contributed by atoms with Crippen LogP contribution in [0.5, 0.6) is 0 Å². The molecule has 1 aliphatic heterocycles. The van der Waals surface area contributed by atoms with E-state index in [-0.39, 0.29) is 11.7 Å². The fourth-order valence-electron chi connectivity index (χ4n) is 2.70. The van der Waals surface area contributed by atoms with E-state index in [4.69, 9.17) is 0 Å². The molecule has 0 aromatic heterocycles. The van der Waals surface area contributed by atoms with Crippen molar-refractivity contribution in [2.24, 2.45) is 5.92 Å². The number of hydrogen-bond acceptors (Lipinski definition) is 2. The number of benzene rings is 1. The Morgan fingerprint density at radius 3 is 2.60 bits per heavy atom. The smallest absolute Gasteiger partial charge is 0.161 e. The fraction of sp³-hybridized carbons (Fsp3) is 0.600. The SMILES string of the molecule is CC(C)CC1CN(c2cc(F)c(F)cc2F)CCCN1. The van der Waals surface area contributed by atoms with E-state index in [1.165, 1.54) is 0 Å². The molecule has 1 saturated heterocycles. The minimum absolute atomic E-state index is 0.154. The van der Waals surface area contributed by atoms with Crippen molar-refractivity contribution in [3.63, 3.8) is 0 Å². The second kappa shape index (κ2) is 6.48. The Morgan fingerprint density at radius 1 is 1.20 bits per heavy atom. The first-order valence-electron chi connectivity index (χ1n) is 7.10. The van der Waals surface area contributed by atoms with Crippen LogP contribution < -0.4 is 10.2 Å². The van der Waals surface area contributed by atoms with Crippen LogP contribution in [0.4, 0.5) is 18.9 Å². The number of nitrogens with one attached hydrogen (secondary N) is 1. The third-order valence-corrected chi connectivity index (χ3v) is 3.56. The van der Waals surface area contributed by atoms with Crippen LogP contribution in [0.15, 0.2) is 12.1 Å². The van der Waals surface area contributed by atoms with E-state index in [1.807, 2.05) is 4.90 Å². The number of anilines is 1. The van der Waals surface area contributed by atoms with Crippen LogP contribution in [0.25, 0.3) is 0 Å².